The summed E-state index contributed by atoms with van der Waals surface area (Å²) < 4.78 is 0. The molecule has 71 valence electrons. The molecular formula is C10H19OS. The van der Waals surface area contributed by atoms with Crippen molar-refractivity contribution >= 4 is 16.9 Å². The molecule has 0 aliphatic rings. The second kappa shape index (κ2) is 9.11. The van der Waals surface area contributed by atoms with Crippen LogP contribution in [0.3, 0.4) is 0 Å². The lowest BCUT2D eigenvalue weighted by Gasteiger charge is -1.98. The molecule has 0 aliphatic heterocycles. The SMILES string of the molecule is C[CH]SC(=O)CCCCCCC. The lowest BCUT2D eigenvalue weighted by Crippen LogP contribution is -1.90. The zero-order valence-electron chi connectivity index (χ0n) is 8.14. The minimum Gasteiger partial charge on any atom is -0.287 e. The molecule has 0 aromatic heterocycles. The Morgan fingerprint density at radius 1 is 1.25 bits per heavy atom. The predicted octanol–water partition coefficient (Wildman–Crippen LogP) is 3.79. The van der Waals surface area contributed by atoms with E-state index in [4.69, 9.17) is 0 Å². The van der Waals surface area contributed by atoms with Crippen molar-refractivity contribution in [1.82, 2.24) is 0 Å². The van der Waals surface area contributed by atoms with Gasteiger partial charge in [-0.25, -0.2) is 0 Å². The number of rotatable bonds is 7. The van der Waals surface area contributed by atoms with Crippen molar-refractivity contribution in [3.8, 4) is 0 Å². The Balaban J connectivity index is 3.03. The lowest BCUT2D eigenvalue weighted by molar-refractivity contribution is -0.111. The standard InChI is InChI=1S/C10H19OS/c1-3-5-6-7-8-9-10(11)12-4-2/h4H,3,5-9H2,1-2H3. The van der Waals surface area contributed by atoms with Crippen LogP contribution in [0.15, 0.2) is 0 Å². The van der Waals surface area contributed by atoms with Gasteiger partial charge in [0.15, 0.2) is 5.12 Å². The Bertz CT molecular complexity index is 112. The van der Waals surface area contributed by atoms with Gasteiger partial charge < -0.3 is 0 Å². The highest BCUT2D eigenvalue weighted by molar-refractivity contribution is 8.15. The van der Waals surface area contributed by atoms with E-state index in [0.717, 1.165) is 12.8 Å². The fourth-order valence-electron chi connectivity index (χ4n) is 1.06. The molecule has 0 rings (SSSR count). The number of hydrogen-bond donors (Lipinski definition) is 0. The molecule has 2 heteroatoms. The molecule has 0 heterocycles. The summed E-state index contributed by atoms with van der Waals surface area (Å²) in [7, 11) is 0. The van der Waals surface area contributed by atoms with Crippen molar-refractivity contribution in [3.63, 3.8) is 0 Å². The molecule has 0 aromatic rings. The van der Waals surface area contributed by atoms with E-state index in [1.54, 1.807) is 0 Å². The van der Waals surface area contributed by atoms with Crippen molar-refractivity contribution in [1.29, 1.82) is 0 Å². The van der Waals surface area contributed by atoms with Gasteiger partial charge in [-0.2, -0.15) is 0 Å². The number of thioether (sulfide) groups is 1. The summed E-state index contributed by atoms with van der Waals surface area (Å²) in [6.07, 6.45) is 6.89. The maximum absolute atomic E-state index is 11.0. The average Bonchev–Trinajstić information content (AvgIpc) is 2.05. The predicted molar refractivity (Wildman–Crippen MR) is 55.9 cm³/mol. The smallest absolute Gasteiger partial charge is 0.189 e. The van der Waals surface area contributed by atoms with Gasteiger partial charge in [-0.1, -0.05) is 51.3 Å². The zero-order valence-corrected chi connectivity index (χ0v) is 8.95. The van der Waals surface area contributed by atoms with Gasteiger partial charge >= 0.3 is 0 Å². The topological polar surface area (TPSA) is 17.1 Å². The molecule has 0 unspecified atom stereocenters. The summed E-state index contributed by atoms with van der Waals surface area (Å²) >= 11 is 1.33. The minimum atomic E-state index is 0.314. The summed E-state index contributed by atoms with van der Waals surface area (Å²) in [5, 5.41) is 0.314. The average molecular weight is 187 g/mol. The van der Waals surface area contributed by atoms with Crippen LogP contribution in [0.1, 0.15) is 52.4 Å². The summed E-state index contributed by atoms with van der Waals surface area (Å²) in [4.78, 5) is 11.0. The quantitative estimate of drug-likeness (QED) is 0.564. The van der Waals surface area contributed by atoms with E-state index in [0.29, 0.717) is 5.12 Å². The second-order valence-electron chi connectivity index (χ2n) is 2.89. The highest BCUT2D eigenvalue weighted by Crippen LogP contribution is 2.12. The Kier molecular flexibility index (Phi) is 9.13. The number of hydrogen-bond acceptors (Lipinski definition) is 2. The van der Waals surface area contributed by atoms with Gasteiger partial charge in [-0.05, 0) is 6.42 Å². The fourth-order valence-corrected chi connectivity index (χ4v) is 1.59. The van der Waals surface area contributed by atoms with Crippen LogP contribution in [-0.2, 0) is 4.79 Å². The Morgan fingerprint density at radius 3 is 2.50 bits per heavy atom. The molecule has 0 saturated heterocycles. The van der Waals surface area contributed by atoms with E-state index in [1.165, 1.54) is 37.4 Å². The molecule has 1 nitrogen and oxygen atoms in total. The summed E-state index contributed by atoms with van der Waals surface area (Å²) in [6.45, 7) is 4.10. The maximum Gasteiger partial charge on any atom is 0.189 e. The van der Waals surface area contributed by atoms with Crippen LogP contribution >= 0.6 is 11.8 Å². The van der Waals surface area contributed by atoms with Crippen LogP contribution in [-0.4, -0.2) is 5.12 Å². The second-order valence-corrected chi connectivity index (χ2v) is 4.05. The third-order valence-corrected chi connectivity index (χ3v) is 2.44. The zero-order chi connectivity index (χ0) is 9.23. The van der Waals surface area contributed by atoms with E-state index in [2.05, 4.69) is 6.92 Å². The largest absolute Gasteiger partial charge is 0.287 e. The molecule has 0 aromatic carbocycles. The Hall–Kier alpha value is 0.0200. The third-order valence-electron chi connectivity index (χ3n) is 1.73. The summed E-state index contributed by atoms with van der Waals surface area (Å²) in [5.74, 6) is 1.86. The Labute approximate surface area is 80.3 Å². The van der Waals surface area contributed by atoms with Crippen molar-refractivity contribution < 1.29 is 4.79 Å². The van der Waals surface area contributed by atoms with Crippen molar-refractivity contribution in [2.75, 3.05) is 0 Å². The van der Waals surface area contributed by atoms with Crippen LogP contribution in [0, 0.1) is 5.75 Å². The molecule has 0 amide bonds. The molecule has 0 atom stereocenters. The van der Waals surface area contributed by atoms with E-state index >= 15 is 0 Å². The normalized spacial score (nSPS) is 10.2. The van der Waals surface area contributed by atoms with E-state index in [1.807, 2.05) is 12.7 Å². The minimum absolute atomic E-state index is 0.314. The highest BCUT2D eigenvalue weighted by atomic mass is 32.2. The fraction of sp³-hybridized carbons (Fsp3) is 0.800. The van der Waals surface area contributed by atoms with Gasteiger partial charge in [0, 0.05) is 12.2 Å². The molecule has 12 heavy (non-hydrogen) atoms. The number of unbranched alkanes of at least 4 members (excludes halogenated alkanes) is 4. The molecule has 0 aliphatic carbocycles. The number of carbonyl (C=O) groups excluding carboxylic acids is 1. The van der Waals surface area contributed by atoms with E-state index < -0.39 is 0 Å². The van der Waals surface area contributed by atoms with Crippen LogP contribution in [0.4, 0.5) is 0 Å². The first-order chi connectivity index (χ1) is 5.81. The van der Waals surface area contributed by atoms with Crippen molar-refractivity contribution in [3.05, 3.63) is 5.75 Å². The van der Waals surface area contributed by atoms with Gasteiger partial charge in [0.25, 0.3) is 0 Å². The van der Waals surface area contributed by atoms with Gasteiger partial charge in [-0.3, -0.25) is 4.79 Å². The van der Waals surface area contributed by atoms with Gasteiger partial charge in [0.2, 0.25) is 0 Å². The monoisotopic (exact) mass is 187 g/mol. The number of carbonyl (C=O) groups is 1. The van der Waals surface area contributed by atoms with E-state index in [-0.39, 0.29) is 0 Å². The van der Waals surface area contributed by atoms with Gasteiger partial charge in [0.1, 0.15) is 0 Å². The highest BCUT2D eigenvalue weighted by Gasteiger charge is 1.99. The van der Waals surface area contributed by atoms with Gasteiger partial charge in [0.05, 0.1) is 0 Å². The first-order valence-electron chi connectivity index (χ1n) is 4.78. The van der Waals surface area contributed by atoms with Crippen LogP contribution in [0.5, 0.6) is 0 Å². The van der Waals surface area contributed by atoms with Crippen LogP contribution < -0.4 is 0 Å². The molecule has 1 radical (unpaired) electrons. The molecule has 0 bridgehead atoms. The van der Waals surface area contributed by atoms with Crippen molar-refractivity contribution in [2.24, 2.45) is 0 Å². The molecular weight excluding hydrogens is 168 g/mol. The molecule has 0 saturated carbocycles. The van der Waals surface area contributed by atoms with Crippen molar-refractivity contribution in [2.45, 2.75) is 52.4 Å². The third kappa shape index (κ3) is 8.12. The summed E-state index contributed by atoms with van der Waals surface area (Å²) in [5.41, 5.74) is 0. The first-order valence-corrected chi connectivity index (χ1v) is 5.66. The molecule has 0 N–H and O–H groups in total. The molecule has 0 fully saturated rings. The van der Waals surface area contributed by atoms with Crippen LogP contribution in [0.2, 0.25) is 0 Å². The maximum atomic E-state index is 11.0. The van der Waals surface area contributed by atoms with E-state index in [9.17, 15) is 4.79 Å². The Morgan fingerprint density at radius 2 is 1.92 bits per heavy atom. The molecule has 0 spiro atoms. The van der Waals surface area contributed by atoms with Crippen LogP contribution in [0.25, 0.3) is 0 Å². The lowest BCUT2D eigenvalue weighted by atomic mass is 10.1. The first kappa shape index (κ1) is 12.0. The summed E-state index contributed by atoms with van der Waals surface area (Å²) in [6, 6.07) is 0. The van der Waals surface area contributed by atoms with Gasteiger partial charge in [-0.15, -0.1) is 0 Å².